The molecule has 3 aromatic rings. The van der Waals surface area contributed by atoms with Crippen molar-refractivity contribution in [3.63, 3.8) is 0 Å². The summed E-state index contributed by atoms with van der Waals surface area (Å²) in [5, 5.41) is 16.5. The number of nitrogens with zero attached hydrogens (tertiary/aromatic N) is 4. The third-order valence-electron chi connectivity index (χ3n) is 7.89. The lowest BCUT2D eigenvalue weighted by atomic mass is 9.97. The van der Waals surface area contributed by atoms with Gasteiger partial charge in [-0.1, -0.05) is 12.1 Å². The summed E-state index contributed by atoms with van der Waals surface area (Å²) in [7, 11) is 1.50. The van der Waals surface area contributed by atoms with E-state index in [2.05, 4.69) is 45.8 Å². The van der Waals surface area contributed by atoms with Gasteiger partial charge in [-0.3, -0.25) is 14.5 Å². The second-order valence-corrected chi connectivity index (χ2v) is 10.8. The van der Waals surface area contributed by atoms with Gasteiger partial charge in [0.2, 0.25) is 5.91 Å². The third kappa shape index (κ3) is 6.66. The minimum Gasteiger partial charge on any atom is -0.508 e. The molecule has 216 valence electrons. The lowest BCUT2D eigenvalue weighted by molar-refractivity contribution is -0.125. The zero-order chi connectivity index (χ0) is 28.8. The normalized spacial score (nSPS) is 17.4. The van der Waals surface area contributed by atoms with Crippen LogP contribution in [0.1, 0.15) is 58.6 Å². The molecule has 0 bridgehead atoms. The summed E-state index contributed by atoms with van der Waals surface area (Å²) in [5.74, 6) is 0.101. The van der Waals surface area contributed by atoms with Gasteiger partial charge in [0.15, 0.2) is 0 Å². The Morgan fingerprint density at radius 2 is 2.00 bits per heavy atom. The molecule has 1 atom stereocenters. The van der Waals surface area contributed by atoms with Crippen LogP contribution in [0, 0.1) is 0 Å². The minimum absolute atomic E-state index is 0.0859. The minimum atomic E-state index is -0.674. The van der Waals surface area contributed by atoms with Gasteiger partial charge in [-0.2, -0.15) is 5.10 Å². The molecule has 2 fully saturated rings. The zero-order valence-corrected chi connectivity index (χ0v) is 23.4. The molecule has 2 saturated heterocycles. The van der Waals surface area contributed by atoms with E-state index in [1.165, 1.54) is 61.1 Å². The van der Waals surface area contributed by atoms with Gasteiger partial charge in [0.1, 0.15) is 18.1 Å². The highest BCUT2D eigenvalue weighted by Crippen LogP contribution is 2.29. The van der Waals surface area contributed by atoms with Gasteiger partial charge in [0.05, 0.1) is 25.1 Å². The van der Waals surface area contributed by atoms with Crippen LogP contribution in [-0.4, -0.2) is 82.2 Å². The number of fused-ring (bicyclic) bond motifs is 1. The Kier molecular flexibility index (Phi) is 9.11. The number of phenols is 1. The van der Waals surface area contributed by atoms with E-state index in [0.717, 1.165) is 31.7 Å². The quantitative estimate of drug-likeness (QED) is 0.387. The topological polar surface area (TPSA) is 117 Å². The number of aromatic nitrogens is 2. The maximum absolute atomic E-state index is 12.3. The number of aldehydes is 1. The standard InChI is InChI=1S/C17H21N3O.C14H16N2O4/c1-2-7-19(6-1)10-14-9-18-20(11-14)17-5-3-4-15(8-17)16-12-21-13-16;1-15-13(19)12(3-2-6-17)16-8-9-7-10(18)4-5-11(9)14(16)20/h3-5,8-9,11,16H,1-2,6-7,10,12-13H2;4-7,12,18H,2-3,8H2,1H3,(H,15,19). The molecule has 3 aliphatic rings. The smallest absolute Gasteiger partial charge is 0.255 e. The molecule has 0 aliphatic carbocycles. The number of rotatable bonds is 9. The van der Waals surface area contributed by atoms with Crippen LogP contribution in [0.4, 0.5) is 0 Å². The van der Waals surface area contributed by atoms with E-state index >= 15 is 0 Å². The van der Waals surface area contributed by atoms with E-state index in [9.17, 15) is 19.5 Å². The van der Waals surface area contributed by atoms with Gasteiger partial charge in [-0.05, 0) is 73.8 Å². The molecule has 0 saturated carbocycles. The van der Waals surface area contributed by atoms with Crippen molar-refractivity contribution in [3.8, 4) is 11.4 Å². The highest BCUT2D eigenvalue weighted by molar-refractivity contribution is 6.01. The van der Waals surface area contributed by atoms with E-state index in [-0.39, 0.29) is 37.0 Å². The third-order valence-corrected chi connectivity index (χ3v) is 7.89. The number of carbonyl (C=O) groups excluding carboxylic acids is 3. The number of hydrogen-bond acceptors (Lipinski definition) is 7. The second-order valence-electron chi connectivity index (χ2n) is 10.8. The van der Waals surface area contributed by atoms with Crippen LogP contribution in [0.2, 0.25) is 0 Å². The van der Waals surface area contributed by atoms with Gasteiger partial charge < -0.3 is 24.9 Å². The molecule has 4 heterocycles. The summed E-state index contributed by atoms with van der Waals surface area (Å²) in [6.07, 6.45) is 8.05. The lowest BCUT2D eigenvalue weighted by Gasteiger charge is -2.26. The number of amides is 2. The highest BCUT2D eigenvalue weighted by Gasteiger charge is 2.35. The van der Waals surface area contributed by atoms with Gasteiger partial charge in [0.25, 0.3) is 5.91 Å². The Labute approximate surface area is 239 Å². The van der Waals surface area contributed by atoms with Crippen molar-refractivity contribution in [3.05, 3.63) is 77.1 Å². The first-order chi connectivity index (χ1) is 20.0. The lowest BCUT2D eigenvalue weighted by Crippen LogP contribution is -2.46. The fraction of sp³-hybridized carbons (Fsp3) is 0.419. The molecule has 0 radical (unpaired) electrons. The Balaban J connectivity index is 0.000000165. The van der Waals surface area contributed by atoms with Crippen LogP contribution in [-0.2, 0) is 27.4 Å². The van der Waals surface area contributed by atoms with E-state index in [1.54, 1.807) is 6.07 Å². The summed E-state index contributed by atoms with van der Waals surface area (Å²) < 4.78 is 7.28. The van der Waals surface area contributed by atoms with E-state index in [1.807, 2.05) is 10.9 Å². The maximum Gasteiger partial charge on any atom is 0.255 e. The number of aromatic hydroxyl groups is 1. The first-order valence-corrected chi connectivity index (χ1v) is 14.2. The molecular weight excluding hydrogens is 522 g/mol. The van der Waals surface area contributed by atoms with E-state index < -0.39 is 6.04 Å². The Morgan fingerprint density at radius 3 is 2.71 bits per heavy atom. The molecule has 3 aliphatic heterocycles. The average molecular weight is 560 g/mol. The fourth-order valence-corrected chi connectivity index (χ4v) is 5.53. The molecule has 41 heavy (non-hydrogen) atoms. The number of hydrogen-bond donors (Lipinski definition) is 2. The Morgan fingerprint density at radius 1 is 1.20 bits per heavy atom. The number of carbonyl (C=O) groups is 3. The summed E-state index contributed by atoms with van der Waals surface area (Å²) in [5.41, 5.74) is 4.98. The summed E-state index contributed by atoms with van der Waals surface area (Å²) >= 11 is 0. The summed E-state index contributed by atoms with van der Waals surface area (Å²) in [6.45, 7) is 5.44. The zero-order valence-electron chi connectivity index (χ0n) is 23.4. The molecule has 10 nitrogen and oxygen atoms in total. The predicted octanol–water partition coefficient (Wildman–Crippen LogP) is 3.02. The average Bonchev–Trinajstić information content (AvgIpc) is 3.70. The number of ether oxygens (including phenoxy) is 1. The van der Waals surface area contributed by atoms with Crippen LogP contribution in [0.3, 0.4) is 0 Å². The molecule has 1 aromatic heterocycles. The number of phenolic OH excluding ortho intramolecular Hbond substituents is 1. The van der Waals surface area contributed by atoms with Crippen molar-refractivity contribution in [2.45, 2.75) is 50.7 Å². The highest BCUT2D eigenvalue weighted by atomic mass is 16.5. The fourth-order valence-electron chi connectivity index (χ4n) is 5.53. The van der Waals surface area contributed by atoms with Gasteiger partial charge >= 0.3 is 0 Å². The molecule has 2 N–H and O–H groups in total. The van der Waals surface area contributed by atoms with Crippen molar-refractivity contribution in [1.29, 1.82) is 0 Å². The Hall–Kier alpha value is -4.02. The van der Waals surface area contributed by atoms with Gasteiger partial charge in [0, 0.05) is 49.8 Å². The van der Waals surface area contributed by atoms with Crippen LogP contribution >= 0.6 is 0 Å². The van der Waals surface area contributed by atoms with Crippen LogP contribution in [0.25, 0.3) is 5.69 Å². The molecule has 0 spiro atoms. The van der Waals surface area contributed by atoms with E-state index in [0.29, 0.717) is 17.0 Å². The SMILES string of the molecule is CNC(=O)C(CCC=O)N1Cc2cc(O)ccc2C1=O.c1cc(C2COC2)cc(-n2cc(CN3CCCC3)cn2)c1. The molecule has 10 heteroatoms. The molecule has 1 unspecified atom stereocenters. The monoisotopic (exact) mass is 559 g/mol. The second kappa shape index (κ2) is 13.1. The van der Waals surface area contributed by atoms with Crippen molar-refractivity contribution in [2.75, 3.05) is 33.4 Å². The molecule has 2 aromatic carbocycles. The number of likely N-dealkylation sites (N-methyl/N-ethyl adjacent to an activating group) is 1. The van der Waals surface area contributed by atoms with E-state index in [4.69, 9.17) is 4.74 Å². The summed E-state index contributed by atoms with van der Waals surface area (Å²) in [6, 6.07) is 12.5. The molecule has 2 amide bonds. The Bertz CT molecular complexity index is 1380. The first-order valence-electron chi connectivity index (χ1n) is 14.2. The summed E-state index contributed by atoms with van der Waals surface area (Å²) in [4.78, 5) is 38.7. The molecule has 6 rings (SSSR count). The number of likely N-dealkylation sites (tertiary alicyclic amines) is 1. The maximum atomic E-state index is 12.3. The van der Waals surface area contributed by atoms with Crippen molar-refractivity contribution >= 4 is 18.1 Å². The van der Waals surface area contributed by atoms with Crippen molar-refractivity contribution < 1.29 is 24.2 Å². The first kappa shape index (κ1) is 28.5. The van der Waals surface area contributed by atoms with Crippen LogP contribution < -0.4 is 5.32 Å². The van der Waals surface area contributed by atoms with Crippen molar-refractivity contribution in [2.24, 2.45) is 0 Å². The van der Waals surface area contributed by atoms with Crippen LogP contribution in [0.15, 0.2) is 54.9 Å². The van der Waals surface area contributed by atoms with Crippen LogP contribution in [0.5, 0.6) is 5.75 Å². The predicted molar refractivity (Wildman–Crippen MR) is 153 cm³/mol. The van der Waals surface area contributed by atoms with Gasteiger partial charge in [-0.15, -0.1) is 0 Å². The van der Waals surface area contributed by atoms with Gasteiger partial charge in [-0.25, -0.2) is 4.68 Å². The number of nitrogens with one attached hydrogen (secondary N) is 1. The van der Waals surface area contributed by atoms with Crippen molar-refractivity contribution in [1.82, 2.24) is 24.9 Å². The largest absolute Gasteiger partial charge is 0.508 e. The molecular formula is C31H37N5O5. The number of benzene rings is 2.